The standard InChI is InChI=1S/C11H20N4O3/c1-4-6-9-10(15(17)18)11(13(3)12-9)14(5-2)7-8-16/h16H,4-8H2,1-3H3. The van der Waals surface area contributed by atoms with Gasteiger partial charge in [0.1, 0.15) is 5.69 Å². The molecule has 18 heavy (non-hydrogen) atoms. The molecule has 0 aliphatic heterocycles. The van der Waals surface area contributed by atoms with Crippen molar-refractivity contribution >= 4 is 11.5 Å². The number of anilines is 1. The van der Waals surface area contributed by atoms with E-state index in [4.69, 9.17) is 5.11 Å². The molecule has 1 heterocycles. The van der Waals surface area contributed by atoms with Gasteiger partial charge < -0.3 is 10.0 Å². The Morgan fingerprint density at radius 1 is 1.50 bits per heavy atom. The number of hydrogen-bond donors (Lipinski definition) is 1. The topological polar surface area (TPSA) is 84.4 Å². The highest BCUT2D eigenvalue weighted by Crippen LogP contribution is 2.31. The SMILES string of the molecule is CCCc1nn(C)c(N(CC)CCO)c1[N+](=O)[O-]. The van der Waals surface area contributed by atoms with Crippen LogP contribution < -0.4 is 4.90 Å². The third-order valence-corrected chi connectivity index (χ3v) is 2.78. The molecule has 1 N–H and O–H groups in total. The van der Waals surface area contributed by atoms with Gasteiger partial charge >= 0.3 is 5.69 Å². The minimum Gasteiger partial charge on any atom is -0.395 e. The Morgan fingerprint density at radius 3 is 2.61 bits per heavy atom. The first-order valence-corrected chi connectivity index (χ1v) is 6.12. The molecule has 0 bridgehead atoms. The molecule has 0 aliphatic carbocycles. The molecule has 7 nitrogen and oxygen atoms in total. The second kappa shape index (κ2) is 6.34. The summed E-state index contributed by atoms with van der Waals surface area (Å²) in [5.74, 6) is 0.472. The molecule has 1 aromatic rings. The third-order valence-electron chi connectivity index (χ3n) is 2.78. The van der Waals surface area contributed by atoms with Crippen LogP contribution in [0.25, 0.3) is 0 Å². The Labute approximate surface area is 106 Å². The first kappa shape index (κ1) is 14.4. The van der Waals surface area contributed by atoms with E-state index < -0.39 is 0 Å². The van der Waals surface area contributed by atoms with Crippen LogP contribution in [0.4, 0.5) is 11.5 Å². The van der Waals surface area contributed by atoms with E-state index >= 15 is 0 Å². The van der Waals surface area contributed by atoms with Crippen LogP contribution in [-0.4, -0.2) is 39.5 Å². The van der Waals surface area contributed by atoms with Crippen LogP contribution in [0.5, 0.6) is 0 Å². The summed E-state index contributed by atoms with van der Waals surface area (Å²) in [5, 5.41) is 24.5. The lowest BCUT2D eigenvalue weighted by Gasteiger charge is -2.20. The van der Waals surface area contributed by atoms with Crippen molar-refractivity contribution in [2.45, 2.75) is 26.7 Å². The Bertz CT molecular complexity index is 417. The monoisotopic (exact) mass is 256 g/mol. The lowest BCUT2D eigenvalue weighted by Crippen LogP contribution is -2.28. The predicted octanol–water partition coefficient (Wildman–Crippen LogP) is 1.10. The molecule has 0 saturated carbocycles. The van der Waals surface area contributed by atoms with Crippen molar-refractivity contribution in [3.63, 3.8) is 0 Å². The fraction of sp³-hybridized carbons (Fsp3) is 0.727. The first-order valence-electron chi connectivity index (χ1n) is 6.12. The maximum atomic E-state index is 11.2. The van der Waals surface area contributed by atoms with Crippen LogP contribution in [0.2, 0.25) is 0 Å². The van der Waals surface area contributed by atoms with Gasteiger partial charge in [0.25, 0.3) is 0 Å². The first-order chi connectivity index (χ1) is 8.56. The Balaban J connectivity index is 3.27. The number of aliphatic hydroxyl groups excluding tert-OH is 1. The summed E-state index contributed by atoms with van der Waals surface area (Å²) in [6.45, 7) is 4.77. The zero-order chi connectivity index (χ0) is 13.7. The van der Waals surface area contributed by atoms with Gasteiger partial charge in [-0.3, -0.25) is 10.1 Å². The van der Waals surface area contributed by atoms with Crippen molar-refractivity contribution in [3.8, 4) is 0 Å². The molecular formula is C11H20N4O3. The lowest BCUT2D eigenvalue weighted by molar-refractivity contribution is -0.384. The van der Waals surface area contributed by atoms with Gasteiger partial charge in [-0.15, -0.1) is 0 Å². The van der Waals surface area contributed by atoms with E-state index in [1.54, 1.807) is 11.9 Å². The van der Waals surface area contributed by atoms with Crippen molar-refractivity contribution in [1.29, 1.82) is 0 Å². The molecule has 0 fully saturated rings. The largest absolute Gasteiger partial charge is 0.395 e. The average Bonchev–Trinajstić information content (AvgIpc) is 2.63. The summed E-state index contributed by atoms with van der Waals surface area (Å²) >= 11 is 0. The highest BCUT2D eigenvalue weighted by atomic mass is 16.6. The van der Waals surface area contributed by atoms with Crippen molar-refractivity contribution in [2.24, 2.45) is 7.05 Å². The number of aryl methyl sites for hydroxylation is 2. The molecule has 1 aromatic heterocycles. The molecule has 0 spiro atoms. The van der Waals surface area contributed by atoms with E-state index in [1.165, 1.54) is 4.68 Å². The van der Waals surface area contributed by atoms with Crippen LogP contribution in [0.1, 0.15) is 26.0 Å². The number of nitrogens with zero attached hydrogens (tertiary/aromatic N) is 4. The van der Waals surface area contributed by atoms with E-state index in [2.05, 4.69) is 5.10 Å². The number of rotatable bonds is 7. The normalized spacial score (nSPS) is 10.7. The number of aliphatic hydroxyl groups is 1. The highest BCUT2D eigenvalue weighted by Gasteiger charge is 2.29. The van der Waals surface area contributed by atoms with Gasteiger partial charge in [-0.2, -0.15) is 5.10 Å². The summed E-state index contributed by atoms with van der Waals surface area (Å²) in [6.07, 6.45) is 1.39. The molecule has 1 rings (SSSR count). The van der Waals surface area contributed by atoms with E-state index in [9.17, 15) is 10.1 Å². The summed E-state index contributed by atoms with van der Waals surface area (Å²) in [6, 6.07) is 0. The number of likely N-dealkylation sites (N-methyl/N-ethyl adjacent to an activating group) is 1. The second-order valence-corrected chi connectivity index (χ2v) is 4.05. The fourth-order valence-electron chi connectivity index (χ4n) is 2.04. The predicted molar refractivity (Wildman–Crippen MR) is 68.8 cm³/mol. The quantitative estimate of drug-likeness (QED) is 0.583. The minimum absolute atomic E-state index is 0.0424. The van der Waals surface area contributed by atoms with E-state index in [1.807, 2.05) is 13.8 Å². The van der Waals surface area contributed by atoms with Gasteiger partial charge in [-0.05, 0) is 13.3 Å². The zero-order valence-electron chi connectivity index (χ0n) is 11.1. The van der Waals surface area contributed by atoms with Crippen molar-refractivity contribution in [3.05, 3.63) is 15.8 Å². The summed E-state index contributed by atoms with van der Waals surface area (Å²) < 4.78 is 1.53. The molecule has 0 aromatic carbocycles. The van der Waals surface area contributed by atoms with Gasteiger partial charge in [0.2, 0.25) is 5.82 Å². The second-order valence-electron chi connectivity index (χ2n) is 4.05. The smallest absolute Gasteiger partial charge is 0.334 e. The molecule has 102 valence electrons. The summed E-state index contributed by atoms with van der Waals surface area (Å²) in [7, 11) is 1.70. The van der Waals surface area contributed by atoms with Crippen molar-refractivity contribution in [2.75, 3.05) is 24.6 Å². The molecule has 7 heteroatoms. The van der Waals surface area contributed by atoms with Gasteiger partial charge in [-0.25, -0.2) is 4.68 Å². The van der Waals surface area contributed by atoms with Crippen LogP contribution in [-0.2, 0) is 13.5 Å². The van der Waals surface area contributed by atoms with Gasteiger partial charge in [-0.1, -0.05) is 13.3 Å². The number of nitro groups is 1. The third kappa shape index (κ3) is 2.79. The van der Waals surface area contributed by atoms with Crippen LogP contribution >= 0.6 is 0 Å². The van der Waals surface area contributed by atoms with Gasteiger partial charge in [0.05, 0.1) is 11.5 Å². The van der Waals surface area contributed by atoms with Gasteiger partial charge in [0, 0.05) is 20.1 Å². The number of aromatic nitrogens is 2. The zero-order valence-corrected chi connectivity index (χ0v) is 11.1. The summed E-state index contributed by atoms with van der Waals surface area (Å²) in [5.41, 5.74) is 0.575. The average molecular weight is 256 g/mol. The number of hydrogen-bond acceptors (Lipinski definition) is 5. The summed E-state index contributed by atoms with van der Waals surface area (Å²) in [4.78, 5) is 12.6. The van der Waals surface area contributed by atoms with Crippen LogP contribution in [0, 0.1) is 10.1 Å². The van der Waals surface area contributed by atoms with Crippen molar-refractivity contribution < 1.29 is 10.0 Å². The van der Waals surface area contributed by atoms with Gasteiger partial charge in [0.15, 0.2) is 0 Å². The van der Waals surface area contributed by atoms with E-state index in [0.29, 0.717) is 31.0 Å². The Hall–Kier alpha value is -1.63. The van der Waals surface area contributed by atoms with E-state index in [-0.39, 0.29) is 17.2 Å². The Kier molecular flexibility index (Phi) is 5.08. The molecule has 0 radical (unpaired) electrons. The minimum atomic E-state index is -0.382. The molecule has 0 saturated heterocycles. The fourth-order valence-corrected chi connectivity index (χ4v) is 2.04. The maximum Gasteiger partial charge on any atom is 0.334 e. The van der Waals surface area contributed by atoms with E-state index in [0.717, 1.165) is 6.42 Å². The molecule has 0 unspecified atom stereocenters. The molecule has 0 atom stereocenters. The highest BCUT2D eigenvalue weighted by molar-refractivity contribution is 5.61. The van der Waals surface area contributed by atoms with Crippen LogP contribution in [0.3, 0.4) is 0 Å². The molecule has 0 amide bonds. The molecule has 0 aliphatic rings. The molecular weight excluding hydrogens is 236 g/mol. The lowest BCUT2D eigenvalue weighted by atomic mass is 10.2. The maximum absolute atomic E-state index is 11.2. The Morgan fingerprint density at radius 2 is 2.17 bits per heavy atom. The van der Waals surface area contributed by atoms with Crippen LogP contribution in [0.15, 0.2) is 0 Å². The van der Waals surface area contributed by atoms with Crippen molar-refractivity contribution in [1.82, 2.24) is 9.78 Å².